The normalized spacial score (nSPS) is 30.7. The number of carbonyl (C=O) groups is 4. The number of aliphatic hydroxyl groups excluding tert-OH is 2. The average molecular weight is 930 g/mol. The van der Waals surface area contributed by atoms with Crippen LogP contribution < -0.4 is 0 Å². The van der Waals surface area contributed by atoms with E-state index in [1.165, 1.54) is 76.4 Å². The molecule has 66 heavy (non-hydrogen) atoms. The molecule has 0 bridgehead atoms. The van der Waals surface area contributed by atoms with E-state index in [2.05, 4.69) is 11.8 Å². The third-order valence-corrected chi connectivity index (χ3v) is 16.3. The lowest BCUT2D eigenvalue weighted by atomic mass is 9.44. The lowest BCUT2D eigenvalue weighted by Gasteiger charge is -2.62. The van der Waals surface area contributed by atoms with Gasteiger partial charge >= 0.3 is 11.9 Å². The van der Waals surface area contributed by atoms with E-state index in [1.54, 1.807) is 26.8 Å². The van der Waals surface area contributed by atoms with Gasteiger partial charge in [-0.05, 0) is 129 Å². The van der Waals surface area contributed by atoms with Gasteiger partial charge in [0, 0.05) is 36.2 Å². The molecule has 0 radical (unpaired) electrons. The highest BCUT2D eigenvalue weighted by Gasteiger charge is 2.80. The summed E-state index contributed by atoms with van der Waals surface area (Å²) < 4.78 is 41.9. The Morgan fingerprint density at radius 3 is 1.98 bits per heavy atom. The molecule has 5 aliphatic rings. The van der Waals surface area contributed by atoms with Crippen LogP contribution in [-0.2, 0) is 38.1 Å². The van der Waals surface area contributed by atoms with Crippen molar-refractivity contribution in [1.29, 1.82) is 0 Å². The highest BCUT2D eigenvalue weighted by atomic mass is 19.1. The maximum absolute atomic E-state index is 17.7. The Hall–Kier alpha value is -2.51. The summed E-state index contributed by atoms with van der Waals surface area (Å²) in [6, 6.07) is 0. The molecule has 376 valence electrons. The van der Waals surface area contributed by atoms with E-state index in [0.717, 1.165) is 77.4 Å². The maximum Gasteiger partial charge on any atom is 0.306 e. The zero-order valence-corrected chi connectivity index (χ0v) is 41.7. The fourth-order valence-electron chi connectivity index (χ4n) is 12.7. The van der Waals surface area contributed by atoms with Gasteiger partial charge in [-0.15, -0.1) is 0 Å². The first kappa shape index (κ1) is 54.4. The van der Waals surface area contributed by atoms with Crippen LogP contribution in [0.25, 0.3) is 0 Å². The first-order valence-corrected chi connectivity index (χ1v) is 26.4. The van der Waals surface area contributed by atoms with E-state index < -0.39 is 64.4 Å². The molecule has 2 N–H and O–H groups in total. The van der Waals surface area contributed by atoms with Gasteiger partial charge < -0.3 is 34.1 Å². The number of hydrogen-bond acceptors (Lipinski definition) is 11. The molecule has 1 saturated heterocycles. The van der Waals surface area contributed by atoms with Gasteiger partial charge in [0.2, 0.25) is 5.78 Å². The van der Waals surface area contributed by atoms with Crippen LogP contribution in [0.5, 0.6) is 0 Å². The standard InChI is InChI=1S/C54H88FNO10/c1-6-7-8-9-10-11-12-13-14-15-18-25-36-63-48(61)27-20-22-33-56(34-23-24-35-57)32-21-17-16-19-26-49(62)64-40-46(60)54-47(65-50(2,3)66-54)38-44-43-29-28-41-37-42(58)30-31-51(41,4)53(43,55)45(59)39-52(44,54)5/h30-31,37,43-45,47,57,59H,6-29,32-36,38-40H2,1-5H3. The predicted molar refractivity (Wildman–Crippen MR) is 254 cm³/mol. The molecule has 12 heteroatoms. The van der Waals surface area contributed by atoms with Gasteiger partial charge in [0.15, 0.2) is 29.4 Å². The molecule has 4 fully saturated rings. The number of allylic oxidation sites excluding steroid dienone is 4. The molecule has 8 unspecified atom stereocenters. The molecular formula is C54H88FNO10. The lowest BCUT2D eigenvalue weighted by molar-refractivity contribution is -0.246. The summed E-state index contributed by atoms with van der Waals surface area (Å²) in [4.78, 5) is 54.5. The second-order valence-corrected chi connectivity index (χ2v) is 21.4. The zero-order chi connectivity index (χ0) is 47.9. The molecule has 5 rings (SSSR count). The fraction of sp³-hybridized carbons (Fsp3) is 0.852. The number of carbonyl (C=O) groups excluding carboxylic acids is 4. The number of ketones is 2. The second-order valence-electron chi connectivity index (χ2n) is 21.4. The molecule has 3 saturated carbocycles. The van der Waals surface area contributed by atoms with E-state index in [9.17, 15) is 29.4 Å². The minimum atomic E-state index is -2.05. The number of fused-ring (bicyclic) bond motifs is 7. The summed E-state index contributed by atoms with van der Waals surface area (Å²) in [6.07, 6.45) is 26.3. The Morgan fingerprint density at radius 1 is 0.773 bits per heavy atom. The van der Waals surface area contributed by atoms with Crippen molar-refractivity contribution in [2.45, 2.75) is 231 Å². The van der Waals surface area contributed by atoms with Crippen molar-refractivity contribution in [3.63, 3.8) is 0 Å². The number of unbranched alkanes of at least 4 members (excludes halogenated alkanes) is 16. The number of alkyl halides is 1. The largest absolute Gasteiger partial charge is 0.466 e. The quantitative estimate of drug-likeness (QED) is 0.0490. The maximum atomic E-state index is 17.7. The molecule has 8 atom stereocenters. The highest BCUT2D eigenvalue weighted by Crippen LogP contribution is 2.72. The van der Waals surface area contributed by atoms with Crippen molar-refractivity contribution in [2.75, 3.05) is 39.5 Å². The van der Waals surface area contributed by atoms with Crippen molar-refractivity contribution >= 4 is 23.5 Å². The van der Waals surface area contributed by atoms with Crippen LogP contribution in [0.3, 0.4) is 0 Å². The molecule has 11 nitrogen and oxygen atoms in total. The number of rotatable bonds is 32. The predicted octanol–water partition coefficient (Wildman–Crippen LogP) is 10.4. The summed E-state index contributed by atoms with van der Waals surface area (Å²) in [5.74, 6) is -3.24. The van der Waals surface area contributed by atoms with E-state index >= 15 is 4.39 Å². The van der Waals surface area contributed by atoms with Crippen molar-refractivity contribution < 1.29 is 52.7 Å². The number of Topliss-reactive ketones (excluding diaryl/α,β-unsaturated/α-hetero) is 1. The summed E-state index contributed by atoms with van der Waals surface area (Å²) in [6.45, 7) is 12.3. The number of ether oxygens (including phenoxy) is 4. The third-order valence-electron chi connectivity index (χ3n) is 16.3. The first-order chi connectivity index (χ1) is 31.6. The Kier molecular flexibility index (Phi) is 20.9. The van der Waals surface area contributed by atoms with Crippen LogP contribution in [0, 0.1) is 22.7 Å². The minimum Gasteiger partial charge on any atom is -0.466 e. The number of halogens is 1. The van der Waals surface area contributed by atoms with Gasteiger partial charge in [-0.1, -0.05) is 109 Å². The Labute approximate surface area is 396 Å². The fourth-order valence-corrected chi connectivity index (χ4v) is 12.7. The first-order valence-electron chi connectivity index (χ1n) is 26.4. The minimum absolute atomic E-state index is 0.0436. The summed E-state index contributed by atoms with van der Waals surface area (Å²) in [7, 11) is 0. The number of aliphatic hydroxyl groups is 2. The molecule has 0 spiro atoms. The van der Waals surface area contributed by atoms with Crippen molar-refractivity contribution in [3.05, 3.63) is 23.8 Å². The second kappa shape index (κ2) is 25.4. The van der Waals surface area contributed by atoms with Gasteiger partial charge in [-0.3, -0.25) is 19.2 Å². The van der Waals surface area contributed by atoms with Crippen LogP contribution in [0.15, 0.2) is 23.8 Å². The Morgan fingerprint density at radius 2 is 1.33 bits per heavy atom. The SMILES string of the molecule is CCCCCCCCCCCCCCOC(=O)CCCCN(CCCCO)CCCCCCC(=O)OCC(=O)C12OC(C)(C)OC1CC1C3CCC4=CC(=O)C=CC4(C)C3(F)C(O)CC12C. The van der Waals surface area contributed by atoms with Gasteiger partial charge in [-0.25, -0.2) is 4.39 Å². The van der Waals surface area contributed by atoms with Gasteiger partial charge in [-0.2, -0.15) is 0 Å². The van der Waals surface area contributed by atoms with Crippen LogP contribution in [0.1, 0.15) is 202 Å². The number of nitrogens with zero attached hydrogens (tertiary/aromatic N) is 1. The lowest BCUT2D eigenvalue weighted by Crippen LogP contribution is -2.70. The molecule has 0 amide bonds. The summed E-state index contributed by atoms with van der Waals surface area (Å²) in [5, 5.41) is 21.2. The Bertz CT molecular complexity index is 1650. The van der Waals surface area contributed by atoms with E-state index in [4.69, 9.17) is 18.9 Å². The monoisotopic (exact) mass is 930 g/mol. The molecular weight excluding hydrogens is 842 g/mol. The Balaban J connectivity index is 0.979. The molecule has 1 heterocycles. The van der Waals surface area contributed by atoms with Crippen molar-refractivity contribution in [3.8, 4) is 0 Å². The van der Waals surface area contributed by atoms with Crippen LogP contribution in [0.4, 0.5) is 4.39 Å². The van der Waals surface area contributed by atoms with Crippen molar-refractivity contribution in [1.82, 2.24) is 4.90 Å². The van der Waals surface area contributed by atoms with E-state index in [0.29, 0.717) is 44.3 Å². The van der Waals surface area contributed by atoms with E-state index in [1.807, 2.05) is 6.92 Å². The van der Waals surface area contributed by atoms with Gasteiger partial charge in [0.25, 0.3) is 0 Å². The van der Waals surface area contributed by atoms with E-state index in [-0.39, 0.29) is 37.1 Å². The summed E-state index contributed by atoms with van der Waals surface area (Å²) >= 11 is 0. The molecule has 0 aromatic carbocycles. The average Bonchev–Trinajstić information content (AvgIpc) is 3.69. The van der Waals surface area contributed by atoms with Crippen molar-refractivity contribution in [2.24, 2.45) is 22.7 Å². The number of esters is 2. The molecule has 1 aliphatic heterocycles. The molecule has 4 aliphatic carbocycles. The van der Waals surface area contributed by atoms with Crippen LogP contribution in [-0.4, -0.2) is 107 Å². The highest BCUT2D eigenvalue weighted by molar-refractivity contribution is 6.01. The van der Waals surface area contributed by atoms with Crippen LogP contribution >= 0.6 is 0 Å². The topological polar surface area (TPSA) is 149 Å². The third kappa shape index (κ3) is 13.0. The van der Waals surface area contributed by atoms with Crippen LogP contribution in [0.2, 0.25) is 0 Å². The summed E-state index contributed by atoms with van der Waals surface area (Å²) in [5.41, 5.74) is -5.04. The van der Waals surface area contributed by atoms with Gasteiger partial charge in [0.05, 0.1) is 18.8 Å². The number of hydrogen-bond donors (Lipinski definition) is 2. The molecule has 0 aromatic heterocycles. The smallest absolute Gasteiger partial charge is 0.306 e. The van der Waals surface area contributed by atoms with Gasteiger partial charge in [0.1, 0.15) is 0 Å². The molecule has 0 aromatic rings. The zero-order valence-electron chi connectivity index (χ0n) is 41.7.